The molecule has 1 fully saturated rings. The van der Waals surface area contributed by atoms with Gasteiger partial charge >= 0.3 is 12.6 Å². The Balaban J connectivity index is 1.56. The molecular weight excluding hydrogens is 578 g/mol. The average Bonchev–Trinajstić information content (AvgIpc) is 3.41. The van der Waals surface area contributed by atoms with E-state index in [1.165, 1.54) is 17.8 Å². The van der Waals surface area contributed by atoms with E-state index in [0.717, 1.165) is 0 Å². The van der Waals surface area contributed by atoms with E-state index in [4.69, 9.17) is 40.8 Å². The highest BCUT2D eigenvalue weighted by atomic mass is 32.5. The molecular formula is C25H34FN6O7PS. The van der Waals surface area contributed by atoms with Crippen LogP contribution in [0.25, 0.3) is 11.2 Å². The van der Waals surface area contributed by atoms with Crippen LogP contribution < -0.4 is 20.1 Å². The summed E-state index contributed by atoms with van der Waals surface area (Å²) in [5.41, 5.74) is 3.96. The van der Waals surface area contributed by atoms with Gasteiger partial charge in [-0.3, -0.25) is 9.36 Å². The lowest BCUT2D eigenvalue weighted by Crippen LogP contribution is -2.41. The van der Waals surface area contributed by atoms with E-state index >= 15 is 4.39 Å². The monoisotopic (exact) mass is 612 g/mol. The molecule has 0 saturated carbocycles. The predicted octanol–water partition coefficient (Wildman–Crippen LogP) is 3.04. The second kappa shape index (κ2) is 12.5. The van der Waals surface area contributed by atoms with Crippen LogP contribution in [0, 0.1) is 0 Å². The Morgan fingerprint density at radius 2 is 2.02 bits per heavy atom. The van der Waals surface area contributed by atoms with Crippen LogP contribution in [0.1, 0.15) is 40.8 Å². The van der Waals surface area contributed by atoms with E-state index < -0.39 is 42.8 Å². The molecule has 1 aromatic carbocycles. The van der Waals surface area contributed by atoms with Crippen molar-refractivity contribution in [2.45, 2.75) is 70.9 Å². The number of imidazole rings is 1. The molecule has 6 atom stereocenters. The Bertz CT molecular complexity index is 1410. The molecule has 13 nitrogen and oxygen atoms in total. The van der Waals surface area contributed by atoms with Gasteiger partial charge in [0.05, 0.1) is 25.6 Å². The minimum atomic E-state index is -3.46. The van der Waals surface area contributed by atoms with Crippen LogP contribution in [-0.2, 0) is 30.6 Å². The normalized spacial score (nSPS) is 24.7. The summed E-state index contributed by atoms with van der Waals surface area (Å²) in [5, 5.41) is 13.9. The molecule has 41 heavy (non-hydrogen) atoms. The number of ether oxygens (including phenoxy) is 3. The minimum absolute atomic E-state index is 0.100. The SMILES string of the molecule is CCOc1nc(N)nc2c1ncn2[C@@H]1O[C@H](COP(=S)(N[C@H](C)C(=O)OC(C)C)Oc2ccccc2)[C@@H](O)[C@@]1(C)F. The maximum atomic E-state index is 16.1. The summed E-state index contributed by atoms with van der Waals surface area (Å²) in [7, 11) is 0. The number of aliphatic hydroxyl groups excluding tert-OH is 1. The van der Waals surface area contributed by atoms with Gasteiger partial charge in [0.25, 0.3) is 0 Å². The number of halogens is 1. The molecule has 1 aliphatic rings. The highest BCUT2D eigenvalue weighted by molar-refractivity contribution is 8.09. The van der Waals surface area contributed by atoms with Crippen molar-refractivity contribution < 1.29 is 37.5 Å². The quantitative estimate of drug-likeness (QED) is 0.202. The maximum Gasteiger partial charge on any atom is 0.323 e. The fourth-order valence-corrected chi connectivity index (χ4v) is 6.59. The molecule has 4 N–H and O–H groups in total. The first kappa shape index (κ1) is 31.0. The number of nitrogens with one attached hydrogen (secondary N) is 1. The van der Waals surface area contributed by atoms with Crippen LogP contribution in [0.4, 0.5) is 10.3 Å². The molecule has 4 rings (SSSR count). The van der Waals surface area contributed by atoms with Gasteiger partial charge < -0.3 is 34.1 Å². The van der Waals surface area contributed by atoms with E-state index in [9.17, 15) is 9.90 Å². The molecule has 224 valence electrons. The number of fused-ring (bicyclic) bond motifs is 1. The van der Waals surface area contributed by atoms with Crippen LogP contribution in [0.2, 0.25) is 0 Å². The second-order valence-corrected chi connectivity index (χ2v) is 12.9. The number of hydrogen-bond donors (Lipinski definition) is 3. The summed E-state index contributed by atoms with van der Waals surface area (Å²) in [4.78, 5) is 25.0. The summed E-state index contributed by atoms with van der Waals surface area (Å²) in [6.45, 7) is 4.45. The molecule has 0 bridgehead atoms. The summed E-state index contributed by atoms with van der Waals surface area (Å²) in [5.74, 6) is -0.122. The Morgan fingerprint density at radius 3 is 2.68 bits per heavy atom. The molecule has 1 unspecified atom stereocenters. The number of aliphatic hydroxyl groups is 1. The zero-order chi connectivity index (χ0) is 29.9. The number of aromatic nitrogens is 4. The summed E-state index contributed by atoms with van der Waals surface area (Å²) >= 11 is 5.71. The molecule has 0 radical (unpaired) electrons. The van der Waals surface area contributed by atoms with Crippen molar-refractivity contribution in [1.29, 1.82) is 0 Å². The van der Waals surface area contributed by atoms with Crippen molar-refractivity contribution in [3.8, 4) is 11.6 Å². The number of para-hydroxylation sites is 1. The Kier molecular flexibility index (Phi) is 9.46. The molecule has 0 aliphatic carbocycles. The average molecular weight is 613 g/mol. The van der Waals surface area contributed by atoms with Crippen molar-refractivity contribution in [3.05, 3.63) is 36.7 Å². The number of nitrogen functional groups attached to an aromatic ring is 1. The van der Waals surface area contributed by atoms with Crippen LogP contribution in [0.3, 0.4) is 0 Å². The van der Waals surface area contributed by atoms with Crippen molar-refractivity contribution in [2.24, 2.45) is 0 Å². The van der Waals surface area contributed by atoms with Gasteiger partial charge in [-0.15, -0.1) is 0 Å². The predicted molar refractivity (Wildman–Crippen MR) is 151 cm³/mol. The number of nitrogens with zero attached hydrogens (tertiary/aromatic N) is 4. The number of nitrogens with two attached hydrogens (primary N) is 1. The third kappa shape index (κ3) is 6.93. The molecule has 1 saturated heterocycles. The molecule has 0 spiro atoms. The number of rotatable bonds is 12. The molecule has 2 aromatic heterocycles. The lowest BCUT2D eigenvalue weighted by atomic mass is 9.98. The van der Waals surface area contributed by atoms with Crippen molar-refractivity contribution in [1.82, 2.24) is 24.6 Å². The Morgan fingerprint density at radius 1 is 1.32 bits per heavy atom. The smallest absolute Gasteiger partial charge is 0.323 e. The minimum Gasteiger partial charge on any atom is -0.476 e. The number of alkyl halides is 1. The second-order valence-electron chi connectivity index (χ2n) is 9.80. The van der Waals surface area contributed by atoms with Crippen LogP contribution in [0.5, 0.6) is 11.6 Å². The first-order valence-electron chi connectivity index (χ1n) is 13.0. The van der Waals surface area contributed by atoms with Crippen LogP contribution >= 0.6 is 6.64 Å². The lowest BCUT2D eigenvalue weighted by molar-refractivity contribution is -0.149. The van der Waals surface area contributed by atoms with Gasteiger partial charge in [0.2, 0.25) is 11.8 Å². The lowest BCUT2D eigenvalue weighted by Gasteiger charge is -2.28. The molecule has 0 amide bonds. The third-order valence-corrected chi connectivity index (χ3v) is 8.59. The van der Waals surface area contributed by atoms with Crippen LogP contribution in [-0.4, -0.2) is 73.8 Å². The first-order chi connectivity index (χ1) is 19.3. The number of carbonyl (C=O) groups excluding carboxylic acids is 1. The third-order valence-electron chi connectivity index (χ3n) is 6.09. The standard InChI is InChI=1S/C25H34FN6O7PS/c1-6-35-21-18-20(29-24(27)30-21)32(13-28-18)23-25(5,26)19(33)17(38-23)12-36-40(41,39-16-10-8-7-9-11-16)31-15(4)22(34)37-14(2)3/h7-11,13-15,17,19,23,33H,6,12H2,1-5H3,(H,31,41)(H2,27,29,30)/t15-,17-,19-,23-,25-,40?/m1/s1. The largest absolute Gasteiger partial charge is 0.476 e. The van der Waals surface area contributed by atoms with E-state index in [0.29, 0.717) is 12.4 Å². The van der Waals surface area contributed by atoms with Gasteiger partial charge in [0, 0.05) is 0 Å². The first-order valence-corrected chi connectivity index (χ1v) is 15.6. The molecule has 1 aliphatic heterocycles. The van der Waals surface area contributed by atoms with Gasteiger partial charge in [-0.25, -0.2) is 14.5 Å². The van der Waals surface area contributed by atoms with E-state index in [1.54, 1.807) is 58.0 Å². The zero-order valence-corrected chi connectivity index (χ0v) is 25.0. The Hall–Kier alpha value is -2.94. The highest BCUT2D eigenvalue weighted by Crippen LogP contribution is 2.48. The van der Waals surface area contributed by atoms with E-state index in [-0.39, 0.29) is 35.7 Å². The fraction of sp³-hybridized carbons (Fsp3) is 0.520. The summed E-state index contributed by atoms with van der Waals surface area (Å²) < 4.78 is 46.0. The number of carbonyl (C=O) groups is 1. The van der Waals surface area contributed by atoms with Crippen molar-refractivity contribution >= 4 is 41.5 Å². The Labute approximate surface area is 241 Å². The van der Waals surface area contributed by atoms with Crippen LogP contribution in [0.15, 0.2) is 36.7 Å². The van der Waals surface area contributed by atoms with Gasteiger partial charge in [-0.05, 0) is 58.6 Å². The molecule has 16 heteroatoms. The van der Waals surface area contributed by atoms with Gasteiger partial charge in [-0.2, -0.15) is 9.97 Å². The summed E-state index contributed by atoms with van der Waals surface area (Å²) in [6.07, 6.45) is -3.21. The molecule has 3 aromatic rings. The van der Waals surface area contributed by atoms with E-state index in [1.807, 2.05) is 0 Å². The fourth-order valence-electron chi connectivity index (χ4n) is 4.17. The van der Waals surface area contributed by atoms with Gasteiger partial charge in [0.15, 0.2) is 23.1 Å². The zero-order valence-electron chi connectivity index (χ0n) is 23.3. The highest BCUT2D eigenvalue weighted by Gasteiger charge is 2.56. The summed E-state index contributed by atoms with van der Waals surface area (Å²) in [6, 6.07) is 7.75. The maximum absolute atomic E-state index is 16.1. The number of benzene rings is 1. The van der Waals surface area contributed by atoms with E-state index in [2.05, 4.69) is 20.0 Å². The topological polar surface area (TPSA) is 165 Å². The van der Waals surface area contributed by atoms with Crippen molar-refractivity contribution in [2.75, 3.05) is 18.9 Å². The van der Waals surface area contributed by atoms with Crippen molar-refractivity contribution in [3.63, 3.8) is 0 Å². The number of esters is 1. The number of hydrogen-bond acceptors (Lipinski definition) is 12. The molecule has 3 heterocycles. The number of anilines is 1. The van der Waals surface area contributed by atoms with Gasteiger partial charge in [0.1, 0.15) is 24.0 Å². The van der Waals surface area contributed by atoms with Gasteiger partial charge in [-0.1, -0.05) is 18.2 Å².